The van der Waals surface area contributed by atoms with Crippen LogP contribution in [-0.2, 0) is 17.8 Å². The molecule has 30 heavy (non-hydrogen) atoms. The Kier molecular flexibility index (Phi) is 6.46. The number of halogens is 2. The average molecular weight is 421 g/mol. The second-order valence-corrected chi connectivity index (χ2v) is 6.64. The second kappa shape index (κ2) is 9.04. The molecule has 0 bridgehead atoms. The van der Waals surface area contributed by atoms with Crippen LogP contribution in [0.1, 0.15) is 34.4 Å². The highest BCUT2D eigenvalue weighted by Crippen LogP contribution is 2.22. The standard InChI is InChI=1S/C20H21F2N3O5/c1-4-28-19(27)15-11(2)29-18-16(15)17(26)23-14(24-18)10-25(3)9-12-5-7-13(8-6-12)30-20(21)22/h5-8,20H,4,9-10H2,1-3H3,(H,23,24,26). The van der Waals surface area contributed by atoms with Crippen molar-refractivity contribution < 1.29 is 27.5 Å². The molecule has 0 spiro atoms. The molecule has 160 valence electrons. The summed E-state index contributed by atoms with van der Waals surface area (Å²) in [6.07, 6.45) is 0. The Morgan fingerprint density at radius 2 is 1.97 bits per heavy atom. The topological polar surface area (TPSA) is 97.7 Å². The molecule has 3 aromatic rings. The number of hydrogen-bond donors (Lipinski definition) is 1. The van der Waals surface area contributed by atoms with Crippen LogP contribution in [0.25, 0.3) is 11.1 Å². The van der Waals surface area contributed by atoms with Crippen LogP contribution in [0.2, 0.25) is 0 Å². The smallest absolute Gasteiger partial charge is 0.387 e. The molecule has 0 unspecified atom stereocenters. The highest BCUT2D eigenvalue weighted by molar-refractivity contribution is 6.03. The zero-order valence-electron chi connectivity index (χ0n) is 16.7. The van der Waals surface area contributed by atoms with Crippen LogP contribution in [-0.4, -0.2) is 41.1 Å². The fourth-order valence-corrected chi connectivity index (χ4v) is 3.09. The molecule has 0 saturated carbocycles. The lowest BCUT2D eigenvalue weighted by Crippen LogP contribution is -2.22. The van der Waals surface area contributed by atoms with E-state index in [1.165, 1.54) is 12.1 Å². The van der Waals surface area contributed by atoms with Crippen molar-refractivity contribution in [2.75, 3.05) is 13.7 Å². The molecule has 3 rings (SSSR count). The Labute approximate surface area is 170 Å². The normalized spacial score (nSPS) is 11.4. The fourth-order valence-electron chi connectivity index (χ4n) is 3.09. The maximum Gasteiger partial charge on any atom is 0.387 e. The maximum atomic E-state index is 12.6. The van der Waals surface area contributed by atoms with Gasteiger partial charge in [0.05, 0.1) is 13.2 Å². The van der Waals surface area contributed by atoms with Crippen LogP contribution in [0.3, 0.4) is 0 Å². The van der Waals surface area contributed by atoms with Crippen molar-refractivity contribution in [2.45, 2.75) is 33.5 Å². The van der Waals surface area contributed by atoms with Gasteiger partial charge >= 0.3 is 12.6 Å². The molecule has 0 atom stereocenters. The van der Waals surface area contributed by atoms with Crippen molar-refractivity contribution in [3.63, 3.8) is 0 Å². The third-order valence-corrected chi connectivity index (χ3v) is 4.29. The van der Waals surface area contributed by atoms with Gasteiger partial charge in [0.25, 0.3) is 5.56 Å². The van der Waals surface area contributed by atoms with Crippen LogP contribution in [0.15, 0.2) is 33.5 Å². The molecule has 0 aliphatic carbocycles. The van der Waals surface area contributed by atoms with Gasteiger partial charge < -0.3 is 18.9 Å². The number of fused-ring (bicyclic) bond motifs is 1. The van der Waals surface area contributed by atoms with E-state index < -0.39 is 18.1 Å². The number of alkyl halides is 2. The summed E-state index contributed by atoms with van der Waals surface area (Å²) < 4.78 is 39.3. The Morgan fingerprint density at radius 3 is 2.60 bits per heavy atom. The Morgan fingerprint density at radius 1 is 1.27 bits per heavy atom. The number of H-pyrrole nitrogens is 1. The first-order valence-corrected chi connectivity index (χ1v) is 9.20. The molecule has 2 heterocycles. The molecule has 0 aliphatic rings. The average Bonchev–Trinajstić information content (AvgIpc) is 2.99. The second-order valence-electron chi connectivity index (χ2n) is 6.64. The van der Waals surface area contributed by atoms with Gasteiger partial charge in [-0.15, -0.1) is 0 Å². The van der Waals surface area contributed by atoms with Crippen molar-refractivity contribution in [2.24, 2.45) is 0 Å². The van der Waals surface area contributed by atoms with Gasteiger partial charge in [0.15, 0.2) is 0 Å². The number of benzene rings is 1. The van der Waals surface area contributed by atoms with Gasteiger partial charge in [-0.3, -0.25) is 9.69 Å². The van der Waals surface area contributed by atoms with Gasteiger partial charge in [0.1, 0.15) is 28.3 Å². The lowest BCUT2D eigenvalue weighted by atomic mass is 10.2. The van der Waals surface area contributed by atoms with Gasteiger partial charge in [-0.2, -0.15) is 13.8 Å². The molecule has 0 fully saturated rings. The van der Waals surface area contributed by atoms with Crippen LogP contribution < -0.4 is 10.3 Å². The van der Waals surface area contributed by atoms with E-state index in [-0.39, 0.29) is 41.3 Å². The lowest BCUT2D eigenvalue weighted by molar-refractivity contribution is -0.0498. The van der Waals surface area contributed by atoms with Crippen LogP contribution in [0.4, 0.5) is 8.78 Å². The zero-order valence-corrected chi connectivity index (χ0v) is 16.7. The molecule has 10 heteroatoms. The third-order valence-electron chi connectivity index (χ3n) is 4.29. The van der Waals surface area contributed by atoms with Crippen LogP contribution in [0, 0.1) is 6.92 Å². The molecule has 0 radical (unpaired) electrons. The molecular formula is C20H21F2N3O5. The van der Waals surface area contributed by atoms with E-state index in [1.807, 2.05) is 11.9 Å². The van der Waals surface area contributed by atoms with Gasteiger partial charge in [0, 0.05) is 6.54 Å². The minimum absolute atomic E-state index is 0.0620. The van der Waals surface area contributed by atoms with Gasteiger partial charge in [0.2, 0.25) is 5.71 Å². The third kappa shape index (κ3) is 4.82. The summed E-state index contributed by atoms with van der Waals surface area (Å²) in [6, 6.07) is 6.28. The molecule has 0 aliphatic heterocycles. The zero-order chi connectivity index (χ0) is 21.8. The van der Waals surface area contributed by atoms with Gasteiger partial charge in [-0.05, 0) is 38.6 Å². The summed E-state index contributed by atoms with van der Waals surface area (Å²) in [5.41, 5.74) is 0.514. The van der Waals surface area contributed by atoms with E-state index in [4.69, 9.17) is 9.15 Å². The van der Waals surface area contributed by atoms with Crippen LogP contribution in [0.5, 0.6) is 5.75 Å². The number of ether oxygens (including phenoxy) is 2. The Balaban J connectivity index is 1.76. The molecule has 0 amide bonds. The Bertz CT molecular complexity index is 1090. The monoisotopic (exact) mass is 421 g/mol. The minimum Gasteiger partial charge on any atom is -0.462 e. The highest BCUT2D eigenvalue weighted by atomic mass is 19.3. The van der Waals surface area contributed by atoms with Crippen molar-refractivity contribution in [3.05, 3.63) is 57.3 Å². The lowest BCUT2D eigenvalue weighted by Gasteiger charge is -2.16. The number of carbonyl (C=O) groups is 1. The highest BCUT2D eigenvalue weighted by Gasteiger charge is 2.23. The van der Waals surface area contributed by atoms with E-state index in [0.29, 0.717) is 12.4 Å². The molecule has 0 saturated heterocycles. The summed E-state index contributed by atoms with van der Waals surface area (Å²) in [6.45, 7) is 1.31. The summed E-state index contributed by atoms with van der Waals surface area (Å²) in [5.74, 6) is 0.0681. The summed E-state index contributed by atoms with van der Waals surface area (Å²) in [7, 11) is 1.81. The number of aromatic nitrogens is 2. The summed E-state index contributed by atoms with van der Waals surface area (Å²) in [5, 5.41) is 0.0620. The molecule has 2 aromatic heterocycles. The largest absolute Gasteiger partial charge is 0.462 e. The number of esters is 1. The van der Waals surface area contributed by atoms with Crippen molar-refractivity contribution >= 4 is 17.1 Å². The number of nitrogens with one attached hydrogen (secondary N) is 1. The number of carbonyl (C=O) groups excluding carboxylic acids is 1. The molecule has 1 aromatic carbocycles. The van der Waals surface area contributed by atoms with E-state index >= 15 is 0 Å². The first-order valence-electron chi connectivity index (χ1n) is 9.20. The Hall–Kier alpha value is -3.27. The van der Waals surface area contributed by atoms with Crippen molar-refractivity contribution in [1.29, 1.82) is 0 Å². The van der Waals surface area contributed by atoms with Crippen molar-refractivity contribution in [1.82, 2.24) is 14.9 Å². The number of rotatable bonds is 8. The molecule has 1 N–H and O–H groups in total. The van der Waals surface area contributed by atoms with Crippen LogP contribution >= 0.6 is 0 Å². The number of furan rings is 1. The maximum absolute atomic E-state index is 12.6. The number of hydrogen-bond acceptors (Lipinski definition) is 7. The minimum atomic E-state index is -2.87. The quantitative estimate of drug-likeness (QED) is 0.558. The molecular weight excluding hydrogens is 400 g/mol. The number of nitrogens with zero attached hydrogens (tertiary/aromatic N) is 2. The van der Waals surface area contributed by atoms with E-state index in [9.17, 15) is 18.4 Å². The first kappa shape index (κ1) is 21.4. The number of aryl methyl sites for hydroxylation is 1. The first-order chi connectivity index (χ1) is 14.3. The van der Waals surface area contributed by atoms with E-state index in [2.05, 4.69) is 14.7 Å². The van der Waals surface area contributed by atoms with Gasteiger partial charge in [-0.1, -0.05) is 12.1 Å². The van der Waals surface area contributed by atoms with E-state index in [1.54, 1.807) is 26.0 Å². The fraction of sp³-hybridized carbons (Fsp3) is 0.350. The summed E-state index contributed by atoms with van der Waals surface area (Å²) in [4.78, 5) is 33.5. The SMILES string of the molecule is CCOC(=O)c1c(C)oc2nc(CN(C)Cc3ccc(OC(F)F)cc3)[nH]c(=O)c12. The predicted molar refractivity (Wildman–Crippen MR) is 104 cm³/mol. The summed E-state index contributed by atoms with van der Waals surface area (Å²) >= 11 is 0. The van der Waals surface area contributed by atoms with Gasteiger partial charge in [-0.25, -0.2) is 4.79 Å². The van der Waals surface area contributed by atoms with Crippen molar-refractivity contribution in [3.8, 4) is 5.75 Å². The van der Waals surface area contributed by atoms with E-state index in [0.717, 1.165) is 5.56 Å². The predicted octanol–water partition coefficient (Wildman–Crippen LogP) is 3.23. The molecule has 8 nitrogen and oxygen atoms in total. The number of aromatic amines is 1.